The molecule has 176 valence electrons. The summed E-state index contributed by atoms with van der Waals surface area (Å²) in [5.74, 6) is -4.66. The third-order valence-electron chi connectivity index (χ3n) is 2.14. The summed E-state index contributed by atoms with van der Waals surface area (Å²) in [6.07, 6.45) is 23.0. The summed E-state index contributed by atoms with van der Waals surface area (Å²) in [5, 5.41) is 38.6. The van der Waals surface area contributed by atoms with Crippen LogP contribution in [0.2, 0.25) is 0 Å². The molecule has 0 atom stereocenters. The summed E-state index contributed by atoms with van der Waals surface area (Å²) in [5.41, 5.74) is 0. The maximum absolute atomic E-state index is 9.64. The first-order valence-corrected chi connectivity index (χ1v) is 9.10. The van der Waals surface area contributed by atoms with E-state index in [4.69, 9.17) is 0 Å². The second kappa shape index (κ2) is 35.3. The van der Waals surface area contributed by atoms with Crippen molar-refractivity contribution in [2.75, 3.05) is 0 Å². The van der Waals surface area contributed by atoms with E-state index in [-0.39, 0.29) is 7.43 Å². The van der Waals surface area contributed by atoms with E-state index >= 15 is 0 Å². The van der Waals surface area contributed by atoms with Gasteiger partial charge >= 0.3 is 7.43 Å². The van der Waals surface area contributed by atoms with Crippen molar-refractivity contribution in [2.45, 2.75) is 27.7 Å². The van der Waals surface area contributed by atoms with Crippen molar-refractivity contribution in [3.05, 3.63) is 105 Å². The molecule has 8 nitrogen and oxygen atoms in total. The maximum atomic E-state index is 9.64. The summed E-state index contributed by atoms with van der Waals surface area (Å²) in [4.78, 5) is 38.6. The number of carboxylic acids is 4. The molecule has 0 heterocycles. The number of carbonyl (C=O) groups excluding carboxylic acids is 4. The van der Waals surface area contributed by atoms with Gasteiger partial charge in [0.15, 0.2) is 0 Å². The van der Waals surface area contributed by atoms with Crippen LogP contribution >= 0.6 is 0 Å². The van der Waals surface area contributed by atoms with E-state index in [2.05, 4.69) is 0 Å². The molecule has 0 rings (SSSR count). The molecule has 0 aromatic heterocycles. The van der Waals surface area contributed by atoms with Crippen molar-refractivity contribution >= 4 is 23.9 Å². The van der Waals surface area contributed by atoms with E-state index < -0.39 is 23.9 Å². The van der Waals surface area contributed by atoms with Crippen molar-refractivity contribution in [1.29, 1.82) is 0 Å². The Labute approximate surface area is 196 Å². The number of aliphatic carboxylic acids is 4. The molecule has 0 saturated heterocycles. The number of allylic oxidation sites excluding steroid dienone is 12. The van der Waals surface area contributed by atoms with Gasteiger partial charge in [0.1, 0.15) is 0 Å². The van der Waals surface area contributed by atoms with Crippen LogP contribution in [0, 0.1) is 7.43 Å². The van der Waals surface area contributed by atoms with E-state index in [1.165, 1.54) is 24.3 Å². The Morgan fingerprint density at radius 3 is 0.636 bits per heavy atom. The fraction of sp³-hybridized carbons (Fsp3) is 0.160. The van der Waals surface area contributed by atoms with Crippen LogP contribution in [0.1, 0.15) is 27.7 Å². The molecule has 0 aliphatic carbocycles. The second-order valence-corrected chi connectivity index (χ2v) is 4.82. The molecule has 0 amide bonds. The summed E-state index contributed by atoms with van der Waals surface area (Å²) in [6.45, 7) is 7.22. The van der Waals surface area contributed by atoms with Crippen molar-refractivity contribution in [1.82, 2.24) is 0 Å². The number of rotatable bonds is 8. The SMILES string of the molecule is CC=CC=CC(=O)[O-].CC=CC=CC(=O)[O-].CC=CC=CC(=O)[O-].CC=CC=CC(=O)[O-].[C+4]. The summed E-state index contributed by atoms with van der Waals surface area (Å²) < 4.78 is 0. The Hall–Kier alpha value is -4.20. The number of hydrogen-bond acceptors (Lipinski definition) is 8. The van der Waals surface area contributed by atoms with Crippen LogP contribution in [-0.2, 0) is 19.2 Å². The van der Waals surface area contributed by atoms with Gasteiger partial charge in [-0.2, -0.15) is 0 Å². The van der Waals surface area contributed by atoms with E-state index in [0.29, 0.717) is 0 Å². The Kier molecular flexibility index (Phi) is 42.0. The van der Waals surface area contributed by atoms with Crippen molar-refractivity contribution < 1.29 is 39.6 Å². The first-order chi connectivity index (χ1) is 15.1. The summed E-state index contributed by atoms with van der Waals surface area (Å²) in [6, 6.07) is 0. The third kappa shape index (κ3) is 74.1. The summed E-state index contributed by atoms with van der Waals surface area (Å²) in [7, 11) is 0. The van der Waals surface area contributed by atoms with E-state index in [1.54, 1.807) is 76.3 Å². The monoisotopic (exact) mass is 456 g/mol. The standard InChI is InChI=1S/4C6H8O2.C/c4*1-2-3-4-5-6(7)8;/h4*2-5H,1H3,(H,7,8);/q;;;;+4/p-4. The van der Waals surface area contributed by atoms with Crippen molar-refractivity contribution in [2.24, 2.45) is 0 Å². The molecule has 0 aromatic rings. The fourth-order valence-corrected chi connectivity index (χ4v) is 0.981. The molecule has 0 aliphatic heterocycles. The van der Waals surface area contributed by atoms with Crippen molar-refractivity contribution in [3.8, 4) is 0 Å². The molecular weight excluding hydrogens is 428 g/mol. The maximum Gasteiger partial charge on any atom is 4.00 e. The molecule has 33 heavy (non-hydrogen) atoms. The molecule has 0 unspecified atom stereocenters. The summed E-state index contributed by atoms with van der Waals surface area (Å²) >= 11 is 0. The topological polar surface area (TPSA) is 161 Å². The predicted molar refractivity (Wildman–Crippen MR) is 119 cm³/mol. The second-order valence-electron chi connectivity index (χ2n) is 4.82. The zero-order valence-corrected chi connectivity index (χ0v) is 19.0. The van der Waals surface area contributed by atoms with Crippen LogP contribution in [0.3, 0.4) is 0 Å². The molecule has 0 aliphatic rings. The Morgan fingerprint density at radius 1 is 0.394 bits per heavy atom. The van der Waals surface area contributed by atoms with Crippen molar-refractivity contribution in [3.63, 3.8) is 0 Å². The molecule has 0 fully saturated rings. The average molecular weight is 456 g/mol. The molecule has 0 N–H and O–H groups in total. The van der Waals surface area contributed by atoms with Gasteiger partial charge in [0.05, 0.1) is 23.9 Å². The first kappa shape index (κ1) is 39.3. The Balaban J connectivity index is -0.000000105. The van der Waals surface area contributed by atoms with Gasteiger partial charge in [0.25, 0.3) is 0 Å². The average Bonchev–Trinajstić information content (AvgIpc) is 2.69. The Morgan fingerprint density at radius 2 is 0.545 bits per heavy atom. The molecule has 0 saturated carbocycles. The minimum atomic E-state index is -1.16. The fourth-order valence-electron chi connectivity index (χ4n) is 0.981. The number of hydrogen-bond donors (Lipinski definition) is 0. The van der Waals surface area contributed by atoms with Gasteiger partial charge in [-0.25, -0.2) is 0 Å². The van der Waals surface area contributed by atoms with Crippen LogP contribution in [0.25, 0.3) is 0 Å². The molecule has 0 bridgehead atoms. The van der Waals surface area contributed by atoms with E-state index in [9.17, 15) is 39.6 Å². The van der Waals surface area contributed by atoms with Gasteiger partial charge in [-0.3, -0.25) is 0 Å². The minimum Gasteiger partial charge on any atom is -0.545 e. The van der Waals surface area contributed by atoms with Gasteiger partial charge in [0.2, 0.25) is 0 Å². The predicted octanol–water partition coefficient (Wildman–Crippen LogP) is -0.444. The van der Waals surface area contributed by atoms with Crippen LogP contribution in [0.15, 0.2) is 97.2 Å². The third-order valence-corrected chi connectivity index (χ3v) is 2.14. The zero-order chi connectivity index (χ0) is 25.6. The normalized spacial score (nSPS) is 10.8. The van der Waals surface area contributed by atoms with Crippen LogP contribution in [-0.4, -0.2) is 23.9 Å². The van der Waals surface area contributed by atoms with E-state index in [1.807, 2.05) is 0 Å². The van der Waals surface area contributed by atoms with Gasteiger partial charge < -0.3 is 39.6 Å². The zero-order valence-electron chi connectivity index (χ0n) is 19.0. The van der Waals surface area contributed by atoms with Gasteiger partial charge in [-0.15, -0.1) is 0 Å². The number of carbonyl (C=O) groups is 4. The van der Waals surface area contributed by atoms with Crippen LogP contribution in [0.4, 0.5) is 0 Å². The molecule has 0 radical (unpaired) electrons. The smallest absolute Gasteiger partial charge is 0.545 e. The molecule has 8 heteroatoms. The van der Waals surface area contributed by atoms with Crippen LogP contribution in [0.5, 0.6) is 0 Å². The van der Waals surface area contributed by atoms with Gasteiger partial charge in [-0.05, 0) is 52.0 Å². The quantitative estimate of drug-likeness (QED) is 0.351. The van der Waals surface area contributed by atoms with Gasteiger partial charge in [0, 0.05) is 0 Å². The molecular formula is C25H28O8. The first-order valence-electron chi connectivity index (χ1n) is 9.10. The largest absolute Gasteiger partial charge is 4.00 e. The minimum absolute atomic E-state index is 0. The van der Waals surface area contributed by atoms with E-state index in [0.717, 1.165) is 24.3 Å². The number of carboxylic acid groups (broad SMARTS) is 4. The van der Waals surface area contributed by atoms with Gasteiger partial charge in [-0.1, -0.05) is 72.9 Å². The Bertz CT molecular complexity index is 618. The van der Waals surface area contributed by atoms with Crippen LogP contribution < -0.4 is 20.4 Å². The molecule has 0 spiro atoms. The molecule has 0 aromatic carbocycles.